The van der Waals surface area contributed by atoms with Crippen molar-refractivity contribution in [1.82, 2.24) is 25.4 Å². The Labute approximate surface area is 210 Å². The molecule has 3 aromatic rings. The second-order valence-electron chi connectivity index (χ2n) is 7.51. The van der Waals surface area contributed by atoms with Gasteiger partial charge in [0.2, 0.25) is 0 Å². The Morgan fingerprint density at radius 2 is 2.12 bits per heavy atom. The second kappa shape index (κ2) is 12.9. The molecule has 1 atom stereocenters. The minimum Gasteiger partial charge on any atom is -0.469 e. The lowest BCUT2D eigenvalue weighted by Crippen LogP contribution is -2.47. The SMILES string of the molecule is CCc1nc2n(n1)CC(NC(=NCCc1ccco1)NCCSc1ccccc1)CC2.I. The summed E-state index contributed by atoms with van der Waals surface area (Å²) in [4.78, 5) is 10.7. The van der Waals surface area contributed by atoms with E-state index in [2.05, 4.69) is 51.9 Å². The van der Waals surface area contributed by atoms with Crippen LogP contribution in [0.25, 0.3) is 0 Å². The van der Waals surface area contributed by atoms with Crippen molar-refractivity contribution < 1.29 is 4.42 Å². The van der Waals surface area contributed by atoms with E-state index in [9.17, 15) is 0 Å². The Hall–Kier alpha value is -2.01. The Kier molecular flexibility index (Phi) is 9.91. The molecule has 1 unspecified atom stereocenters. The minimum atomic E-state index is 0. The molecule has 1 aliphatic heterocycles. The maximum absolute atomic E-state index is 5.43. The molecule has 2 aromatic heterocycles. The van der Waals surface area contributed by atoms with Gasteiger partial charge in [-0.1, -0.05) is 25.1 Å². The van der Waals surface area contributed by atoms with Gasteiger partial charge in [-0.25, -0.2) is 9.67 Å². The smallest absolute Gasteiger partial charge is 0.191 e. The Morgan fingerprint density at radius 1 is 1.25 bits per heavy atom. The van der Waals surface area contributed by atoms with E-state index in [0.29, 0.717) is 6.54 Å². The van der Waals surface area contributed by atoms with Crippen LogP contribution in [-0.4, -0.2) is 45.6 Å². The van der Waals surface area contributed by atoms with Gasteiger partial charge in [0.25, 0.3) is 0 Å². The highest BCUT2D eigenvalue weighted by Crippen LogP contribution is 2.16. The monoisotopic (exact) mass is 566 g/mol. The van der Waals surface area contributed by atoms with Crippen LogP contribution in [0.4, 0.5) is 0 Å². The van der Waals surface area contributed by atoms with Crippen molar-refractivity contribution in [3.63, 3.8) is 0 Å². The van der Waals surface area contributed by atoms with Crippen LogP contribution in [0, 0.1) is 0 Å². The summed E-state index contributed by atoms with van der Waals surface area (Å²) in [6.45, 7) is 4.43. The average Bonchev–Trinajstić information content (AvgIpc) is 3.46. The molecule has 3 heterocycles. The number of aryl methyl sites for hydroxylation is 2. The summed E-state index contributed by atoms with van der Waals surface area (Å²) in [6, 6.07) is 14.7. The number of benzene rings is 1. The minimum absolute atomic E-state index is 0. The number of fused-ring (bicyclic) bond motifs is 1. The van der Waals surface area contributed by atoms with Crippen LogP contribution in [-0.2, 0) is 25.8 Å². The Bertz CT molecular complexity index is 960. The van der Waals surface area contributed by atoms with Crippen molar-refractivity contribution in [2.75, 3.05) is 18.8 Å². The Morgan fingerprint density at radius 3 is 2.91 bits per heavy atom. The molecule has 1 aromatic carbocycles. The van der Waals surface area contributed by atoms with Crippen molar-refractivity contribution in [1.29, 1.82) is 0 Å². The summed E-state index contributed by atoms with van der Waals surface area (Å²) < 4.78 is 7.48. The first-order valence-corrected chi connectivity index (χ1v) is 12.0. The van der Waals surface area contributed by atoms with E-state index >= 15 is 0 Å². The molecule has 32 heavy (non-hydrogen) atoms. The summed E-state index contributed by atoms with van der Waals surface area (Å²) in [5.74, 6) is 4.81. The van der Waals surface area contributed by atoms with Gasteiger partial charge in [-0.2, -0.15) is 5.10 Å². The van der Waals surface area contributed by atoms with E-state index in [1.54, 1.807) is 6.26 Å². The van der Waals surface area contributed by atoms with E-state index in [0.717, 1.165) is 67.9 Å². The fraction of sp³-hybridized carbons (Fsp3) is 0.435. The van der Waals surface area contributed by atoms with Gasteiger partial charge in [0.1, 0.15) is 11.6 Å². The molecule has 0 saturated heterocycles. The zero-order chi connectivity index (χ0) is 21.3. The van der Waals surface area contributed by atoms with Gasteiger partial charge < -0.3 is 15.1 Å². The number of hydrogen-bond donors (Lipinski definition) is 2. The number of furan rings is 1. The summed E-state index contributed by atoms with van der Waals surface area (Å²) in [5.41, 5.74) is 0. The topological polar surface area (TPSA) is 80.3 Å². The predicted octanol–water partition coefficient (Wildman–Crippen LogP) is 3.94. The van der Waals surface area contributed by atoms with E-state index in [4.69, 9.17) is 9.41 Å². The van der Waals surface area contributed by atoms with E-state index < -0.39 is 0 Å². The maximum atomic E-state index is 5.43. The van der Waals surface area contributed by atoms with Crippen LogP contribution in [0.1, 0.15) is 30.8 Å². The van der Waals surface area contributed by atoms with Crippen LogP contribution >= 0.6 is 35.7 Å². The zero-order valence-electron chi connectivity index (χ0n) is 18.4. The number of guanidine groups is 1. The van der Waals surface area contributed by atoms with E-state index in [1.165, 1.54) is 4.90 Å². The quantitative estimate of drug-likeness (QED) is 0.134. The molecular weight excluding hydrogens is 535 g/mol. The van der Waals surface area contributed by atoms with Crippen LogP contribution < -0.4 is 10.6 Å². The number of thioether (sulfide) groups is 1. The standard InChI is InChI=1S/C23H30N6OS.HI/c1-2-21-27-22-11-10-18(17-29(22)28-21)26-23(24-13-12-19-7-6-15-30-19)25-14-16-31-20-8-4-3-5-9-20;/h3-9,15,18H,2,10-14,16-17H2,1H3,(H2,24,25,26);1H. The average molecular weight is 567 g/mol. The summed E-state index contributed by atoms with van der Waals surface area (Å²) in [5, 5.41) is 11.7. The molecular formula is C23H31IN6OS. The highest BCUT2D eigenvalue weighted by Gasteiger charge is 2.22. The van der Waals surface area contributed by atoms with Gasteiger partial charge in [-0.05, 0) is 30.7 Å². The van der Waals surface area contributed by atoms with Crippen molar-refractivity contribution in [3.05, 3.63) is 66.1 Å². The van der Waals surface area contributed by atoms with Crippen LogP contribution in [0.2, 0.25) is 0 Å². The number of hydrogen-bond acceptors (Lipinski definition) is 5. The third kappa shape index (κ3) is 7.26. The van der Waals surface area contributed by atoms with Crippen molar-refractivity contribution >= 4 is 41.7 Å². The van der Waals surface area contributed by atoms with Gasteiger partial charge in [0.05, 0.1) is 12.8 Å². The molecule has 9 heteroatoms. The fourth-order valence-electron chi connectivity index (χ4n) is 3.56. The van der Waals surface area contributed by atoms with Gasteiger partial charge in [-0.3, -0.25) is 4.99 Å². The molecule has 0 bridgehead atoms. The molecule has 1 aliphatic rings. The third-order valence-electron chi connectivity index (χ3n) is 5.17. The summed E-state index contributed by atoms with van der Waals surface area (Å²) in [7, 11) is 0. The van der Waals surface area contributed by atoms with Crippen LogP contribution in [0.15, 0.2) is 63.0 Å². The number of nitrogens with one attached hydrogen (secondary N) is 2. The van der Waals surface area contributed by atoms with Gasteiger partial charge in [0.15, 0.2) is 11.8 Å². The highest BCUT2D eigenvalue weighted by molar-refractivity contribution is 14.0. The lowest BCUT2D eigenvalue weighted by Gasteiger charge is -2.25. The lowest BCUT2D eigenvalue weighted by atomic mass is 10.1. The first-order valence-electron chi connectivity index (χ1n) is 11.0. The number of rotatable bonds is 9. The zero-order valence-corrected chi connectivity index (χ0v) is 21.5. The number of nitrogens with zero attached hydrogens (tertiary/aromatic N) is 4. The molecule has 0 fully saturated rings. The van der Waals surface area contributed by atoms with Crippen molar-refractivity contribution in [2.45, 2.75) is 50.1 Å². The largest absolute Gasteiger partial charge is 0.469 e. The van der Waals surface area contributed by atoms with Crippen LogP contribution in [0.5, 0.6) is 0 Å². The molecule has 0 radical (unpaired) electrons. The summed E-state index contributed by atoms with van der Waals surface area (Å²) >= 11 is 1.84. The van der Waals surface area contributed by atoms with Crippen molar-refractivity contribution in [3.8, 4) is 0 Å². The first kappa shape index (κ1) is 24.6. The van der Waals surface area contributed by atoms with Gasteiger partial charge in [-0.15, -0.1) is 35.7 Å². The molecule has 2 N–H and O–H groups in total. The molecule has 172 valence electrons. The molecule has 7 nitrogen and oxygen atoms in total. The summed E-state index contributed by atoms with van der Waals surface area (Å²) in [6.07, 6.45) is 5.34. The van der Waals surface area contributed by atoms with Crippen LogP contribution in [0.3, 0.4) is 0 Å². The molecule has 0 aliphatic carbocycles. The number of aliphatic imine (C=N–C) groups is 1. The third-order valence-corrected chi connectivity index (χ3v) is 6.19. The maximum Gasteiger partial charge on any atom is 0.191 e. The van der Waals surface area contributed by atoms with Gasteiger partial charge >= 0.3 is 0 Å². The van der Waals surface area contributed by atoms with Crippen molar-refractivity contribution in [2.24, 2.45) is 4.99 Å². The molecule has 0 spiro atoms. The molecule has 0 saturated carbocycles. The molecule has 0 amide bonds. The fourth-order valence-corrected chi connectivity index (χ4v) is 4.35. The first-order chi connectivity index (χ1) is 15.3. The highest BCUT2D eigenvalue weighted by atomic mass is 127. The lowest BCUT2D eigenvalue weighted by molar-refractivity contribution is 0.392. The van der Waals surface area contributed by atoms with E-state index in [1.807, 2.05) is 34.6 Å². The molecule has 4 rings (SSSR count). The van der Waals surface area contributed by atoms with Gasteiger partial charge in [0, 0.05) is 49.0 Å². The van der Waals surface area contributed by atoms with E-state index in [-0.39, 0.29) is 30.0 Å². The second-order valence-corrected chi connectivity index (χ2v) is 8.68. The normalized spacial score (nSPS) is 15.7. The number of aromatic nitrogens is 3. The predicted molar refractivity (Wildman–Crippen MR) is 140 cm³/mol. The Balaban J connectivity index is 0.00000289. The number of halogens is 1.